The SMILES string of the molecule is CSCCC(NC(=O)CNC(=O)NCc1ccco1)c1nnc2ccccn12. The van der Waals surface area contributed by atoms with E-state index in [-0.39, 0.29) is 25.0 Å². The third-order valence-electron chi connectivity index (χ3n) is 4.01. The second kappa shape index (κ2) is 9.79. The lowest BCUT2D eigenvalue weighted by atomic mass is 10.2. The number of rotatable bonds is 9. The number of aromatic nitrogens is 3. The minimum atomic E-state index is -0.444. The summed E-state index contributed by atoms with van der Waals surface area (Å²) in [6.07, 6.45) is 6.10. The number of hydrogen-bond donors (Lipinski definition) is 3. The van der Waals surface area contributed by atoms with Crippen LogP contribution in [0.25, 0.3) is 5.65 Å². The summed E-state index contributed by atoms with van der Waals surface area (Å²) in [5.41, 5.74) is 0.719. The molecule has 0 aliphatic carbocycles. The molecule has 3 N–H and O–H groups in total. The van der Waals surface area contributed by atoms with Crippen LogP contribution in [0.2, 0.25) is 0 Å². The Hall–Kier alpha value is -3.01. The first-order chi connectivity index (χ1) is 13.7. The highest BCUT2D eigenvalue weighted by atomic mass is 32.2. The molecular weight excluding hydrogens is 380 g/mol. The molecular formula is C18H22N6O3S. The lowest BCUT2D eigenvalue weighted by molar-refractivity contribution is -0.120. The van der Waals surface area contributed by atoms with Crippen LogP contribution < -0.4 is 16.0 Å². The van der Waals surface area contributed by atoms with Gasteiger partial charge in [-0.25, -0.2) is 4.79 Å². The fourth-order valence-electron chi connectivity index (χ4n) is 2.65. The highest BCUT2D eigenvalue weighted by Crippen LogP contribution is 2.18. The maximum atomic E-state index is 12.3. The molecule has 3 amide bonds. The standard InChI is InChI=1S/C18H22N6O3S/c1-28-10-7-14(17-23-22-15-6-2-3-8-24(15)17)21-16(25)12-20-18(26)19-11-13-5-4-9-27-13/h2-6,8-9,14H,7,10-12H2,1H3,(H,21,25)(H2,19,20,26). The van der Waals surface area contributed by atoms with Crippen LogP contribution in [0, 0.1) is 0 Å². The third kappa shape index (κ3) is 5.26. The molecule has 148 valence electrons. The Bertz CT molecular complexity index is 911. The van der Waals surface area contributed by atoms with Crippen molar-refractivity contribution in [3.05, 3.63) is 54.4 Å². The van der Waals surface area contributed by atoms with Crippen molar-refractivity contribution < 1.29 is 14.0 Å². The Morgan fingerprint density at radius 2 is 2.11 bits per heavy atom. The van der Waals surface area contributed by atoms with Gasteiger partial charge in [0.15, 0.2) is 11.5 Å². The van der Waals surface area contributed by atoms with Gasteiger partial charge in [-0.15, -0.1) is 10.2 Å². The van der Waals surface area contributed by atoms with Crippen molar-refractivity contribution >= 4 is 29.3 Å². The molecule has 3 rings (SSSR count). The van der Waals surface area contributed by atoms with Gasteiger partial charge in [-0.3, -0.25) is 9.20 Å². The lowest BCUT2D eigenvalue weighted by Crippen LogP contribution is -2.43. The molecule has 10 heteroatoms. The molecule has 0 saturated carbocycles. The van der Waals surface area contributed by atoms with E-state index in [9.17, 15) is 9.59 Å². The van der Waals surface area contributed by atoms with Crippen molar-refractivity contribution in [2.24, 2.45) is 0 Å². The fourth-order valence-corrected chi connectivity index (χ4v) is 3.12. The Balaban J connectivity index is 1.55. The van der Waals surface area contributed by atoms with Gasteiger partial charge in [0.2, 0.25) is 5.91 Å². The summed E-state index contributed by atoms with van der Waals surface area (Å²) in [5, 5.41) is 16.5. The van der Waals surface area contributed by atoms with E-state index in [1.54, 1.807) is 23.9 Å². The van der Waals surface area contributed by atoms with Crippen molar-refractivity contribution in [1.82, 2.24) is 30.5 Å². The van der Waals surface area contributed by atoms with Crippen LogP contribution in [0.1, 0.15) is 24.0 Å². The first-order valence-electron chi connectivity index (χ1n) is 8.79. The van der Waals surface area contributed by atoms with Crippen molar-refractivity contribution in [3.63, 3.8) is 0 Å². The van der Waals surface area contributed by atoms with E-state index < -0.39 is 6.03 Å². The van der Waals surface area contributed by atoms with Gasteiger partial charge >= 0.3 is 6.03 Å². The van der Waals surface area contributed by atoms with E-state index in [0.29, 0.717) is 18.0 Å². The number of pyridine rings is 1. The minimum Gasteiger partial charge on any atom is -0.467 e. The molecule has 0 aliphatic rings. The molecule has 0 spiro atoms. The summed E-state index contributed by atoms with van der Waals surface area (Å²) in [5.74, 6) is 1.85. The minimum absolute atomic E-state index is 0.142. The summed E-state index contributed by atoms with van der Waals surface area (Å²) in [6.45, 7) is 0.110. The largest absolute Gasteiger partial charge is 0.467 e. The molecule has 0 fully saturated rings. The maximum Gasteiger partial charge on any atom is 0.315 e. The quantitative estimate of drug-likeness (QED) is 0.502. The van der Waals surface area contributed by atoms with Gasteiger partial charge in [0.25, 0.3) is 0 Å². The summed E-state index contributed by atoms with van der Waals surface area (Å²) in [7, 11) is 0. The highest BCUT2D eigenvalue weighted by Gasteiger charge is 2.20. The average Bonchev–Trinajstić information content (AvgIpc) is 3.37. The second-order valence-electron chi connectivity index (χ2n) is 6.00. The molecule has 0 aromatic carbocycles. The van der Waals surface area contributed by atoms with Crippen LogP contribution in [-0.2, 0) is 11.3 Å². The van der Waals surface area contributed by atoms with Crippen LogP contribution in [0.4, 0.5) is 4.79 Å². The second-order valence-corrected chi connectivity index (χ2v) is 6.99. The number of nitrogens with one attached hydrogen (secondary N) is 3. The number of furan rings is 1. The summed E-state index contributed by atoms with van der Waals surface area (Å²) < 4.78 is 6.99. The van der Waals surface area contributed by atoms with E-state index in [1.165, 1.54) is 6.26 Å². The molecule has 9 nitrogen and oxygen atoms in total. The Kier molecular flexibility index (Phi) is 6.90. The Labute approximate surface area is 166 Å². The molecule has 0 radical (unpaired) electrons. The van der Waals surface area contributed by atoms with E-state index in [4.69, 9.17) is 4.42 Å². The topological polar surface area (TPSA) is 114 Å². The van der Waals surface area contributed by atoms with Gasteiger partial charge in [-0.2, -0.15) is 11.8 Å². The number of nitrogens with zero attached hydrogens (tertiary/aromatic N) is 3. The van der Waals surface area contributed by atoms with Crippen molar-refractivity contribution in [2.45, 2.75) is 19.0 Å². The Morgan fingerprint density at radius 1 is 1.21 bits per heavy atom. The maximum absolute atomic E-state index is 12.3. The van der Waals surface area contributed by atoms with E-state index in [1.807, 2.05) is 35.1 Å². The molecule has 3 heterocycles. The predicted molar refractivity (Wildman–Crippen MR) is 106 cm³/mol. The number of thioether (sulfide) groups is 1. The highest BCUT2D eigenvalue weighted by molar-refractivity contribution is 7.98. The van der Waals surface area contributed by atoms with Crippen molar-refractivity contribution in [1.29, 1.82) is 0 Å². The molecule has 28 heavy (non-hydrogen) atoms. The van der Waals surface area contributed by atoms with Crippen LogP contribution in [0.3, 0.4) is 0 Å². The van der Waals surface area contributed by atoms with E-state index in [0.717, 1.165) is 11.4 Å². The lowest BCUT2D eigenvalue weighted by Gasteiger charge is -2.17. The van der Waals surface area contributed by atoms with E-state index in [2.05, 4.69) is 26.1 Å². The first kappa shape index (κ1) is 19.7. The summed E-state index contributed by atoms with van der Waals surface area (Å²) in [6, 6.07) is 8.38. The van der Waals surface area contributed by atoms with Crippen LogP contribution >= 0.6 is 11.8 Å². The van der Waals surface area contributed by atoms with Gasteiger partial charge in [0, 0.05) is 6.20 Å². The van der Waals surface area contributed by atoms with Gasteiger partial charge < -0.3 is 20.4 Å². The molecule has 0 aliphatic heterocycles. The van der Waals surface area contributed by atoms with E-state index >= 15 is 0 Å². The normalized spacial score (nSPS) is 11.9. The molecule has 1 atom stereocenters. The number of urea groups is 1. The molecule has 1 unspecified atom stereocenters. The first-order valence-corrected chi connectivity index (χ1v) is 10.2. The smallest absolute Gasteiger partial charge is 0.315 e. The van der Waals surface area contributed by atoms with Crippen molar-refractivity contribution in [2.75, 3.05) is 18.6 Å². The number of carbonyl (C=O) groups excluding carboxylic acids is 2. The summed E-state index contributed by atoms with van der Waals surface area (Å²) in [4.78, 5) is 24.2. The molecule has 3 aromatic heterocycles. The summed E-state index contributed by atoms with van der Waals surface area (Å²) >= 11 is 1.69. The molecule has 3 aromatic rings. The van der Waals surface area contributed by atoms with Gasteiger partial charge in [-0.05, 0) is 42.7 Å². The third-order valence-corrected chi connectivity index (χ3v) is 4.65. The number of amides is 3. The zero-order valence-electron chi connectivity index (χ0n) is 15.4. The Morgan fingerprint density at radius 3 is 2.89 bits per heavy atom. The molecule has 0 saturated heterocycles. The average molecular weight is 402 g/mol. The van der Waals surface area contributed by atoms with Crippen molar-refractivity contribution in [3.8, 4) is 0 Å². The van der Waals surface area contributed by atoms with Crippen LogP contribution in [-0.4, -0.2) is 45.1 Å². The zero-order chi connectivity index (χ0) is 19.8. The predicted octanol–water partition coefficient (Wildman–Crippen LogP) is 1.73. The van der Waals surface area contributed by atoms with Gasteiger partial charge in [0.05, 0.1) is 25.4 Å². The molecule has 0 bridgehead atoms. The van der Waals surface area contributed by atoms with Gasteiger partial charge in [-0.1, -0.05) is 6.07 Å². The number of fused-ring (bicyclic) bond motifs is 1. The number of hydrogen-bond acceptors (Lipinski definition) is 6. The van der Waals surface area contributed by atoms with Crippen LogP contribution in [0.15, 0.2) is 47.2 Å². The fraction of sp³-hybridized carbons (Fsp3) is 0.333. The monoisotopic (exact) mass is 402 g/mol. The zero-order valence-corrected chi connectivity index (χ0v) is 16.2. The number of carbonyl (C=O) groups is 2. The van der Waals surface area contributed by atoms with Crippen LogP contribution in [0.5, 0.6) is 0 Å². The van der Waals surface area contributed by atoms with Gasteiger partial charge in [0.1, 0.15) is 5.76 Å².